The van der Waals surface area contributed by atoms with E-state index in [-0.39, 0.29) is 24.0 Å². The van der Waals surface area contributed by atoms with Gasteiger partial charge in [-0.2, -0.15) is 0 Å². The summed E-state index contributed by atoms with van der Waals surface area (Å²) in [4.78, 5) is 2.07. The number of aromatic nitrogens is 1. The molecular weight excluding hydrogens is 503 g/mol. The first-order valence-corrected chi connectivity index (χ1v) is 10.6. The monoisotopic (exact) mass is 528 g/mol. The Labute approximate surface area is 207 Å². The maximum Gasteiger partial charge on any atom is 0.169 e. The van der Waals surface area contributed by atoms with Crippen molar-refractivity contribution in [2.24, 2.45) is 7.05 Å². The van der Waals surface area contributed by atoms with Crippen molar-refractivity contribution in [2.75, 3.05) is 7.05 Å². The second-order valence-corrected chi connectivity index (χ2v) is 7.96. The van der Waals surface area contributed by atoms with E-state index in [4.69, 9.17) is 0 Å². The number of aryl methyl sites for hydroxylation is 1. The van der Waals surface area contributed by atoms with Gasteiger partial charge >= 0.3 is 0 Å². The average molecular weight is 528 g/mol. The standard InChI is InChI=1S/C29H25N2.HI/c1-30-17-13-22(14-18-30)26-21-27(23-15-19-31(2)20-16-23)29(25-11-7-4-8-12-25)28(26)24-9-5-3-6-10-24;/h3-21H,1-2H3;1H/q+1;/p-1. The molecule has 0 saturated heterocycles. The van der Waals surface area contributed by atoms with Gasteiger partial charge in [0.05, 0.1) is 0 Å². The summed E-state index contributed by atoms with van der Waals surface area (Å²) in [5.41, 5.74) is 9.99. The van der Waals surface area contributed by atoms with E-state index >= 15 is 0 Å². The Kier molecular flexibility index (Phi) is 6.56. The van der Waals surface area contributed by atoms with Crippen molar-refractivity contribution in [3.05, 3.63) is 144 Å². The van der Waals surface area contributed by atoms with Gasteiger partial charge in [0.2, 0.25) is 0 Å². The van der Waals surface area contributed by atoms with E-state index in [2.05, 4.69) is 139 Å². The van der Waals surface area contributed by atoms with Crippen molar-refractivity contribution < 1.29 is 28.5 Å². The molecule has 3 heteroatoms. The van der Waals surface area contributed by atoms with Crippen molar-refractivity contribution in [3.8, 4) is 0 Å². The van der Waals surface area contributed by atoms with Gasteiger partial charge in [-0.05, 0) is 62.8 Å². The molecule has 2 aliphatic rings. The van der Waals surface area contributed by atoms with E-state index in [9.17, 15) is 0 Å². The second-order valence-electron chi connectivity index (χ2n) is 7.96. The molecule has 0 fully saturated rings. The van der Waals surface area contributed by atoms with E-state index in [1.54, 1.807) is 0 Å². The molecule has 1 aliphatic heterocycles. The molecule has 0 saturated carbocycles. The van der Waals surface area contributed by atoms with Gasteiger partial charge in [0, 0.05) is 31.6 Å². The van der Waals surface area contributed by atoms with Crippen molar-refractivity contribution in [1.29, 1.82) is 0 Å². The molecule has 0 N–H and O–H groups in total. The highest BCUT2D eigenvalue weighted by Gasteiger charge is 2.27. The zero-order valence-corrected chi connectivity index (χ0v) is 20.4. The summed E-state index contributed by atoms with van der Waals surface area (Å²) in [7, 11) is 4.11. The molecule has 32 heavy (non-hydrogen) atoms. The number of nitrogens with zero attached hydrogens (tertiary/aromatic N) is 2. The van der Waals surface area contributed by atoms with Crippen LogP contribution in [0.15, 0.2) is 127 Å². The summed E-state index contributed by atoms with van der Waals surface area (Å²) in [5.74, 6) is 0. The minimum Gasteiger partial charge on any atom is -1.00 e. The third-order valence-electron chi connectivity index (χ3n) is 5.78. The van der Waals surface area contributed by atoms with Gasteiger partial charge in [-0.25, -0.2) is 4.57 Å². The topological polar surface area (TPSA) is 7.12 Å². The fourth-order valence-electron chi connectivity index (χ4n) is 4.18. The summed E-state index contributed by atoms with van der Waals surface area (Å²) in [6.45, 7) is 0. The summed E-state index contributed by atoms with van der Waals surface area (Å²) in [6, 6.07) is 25.9. The Morgan fingerprint density at radius 1 is 0.656 bits per heavy atom. The molecule has 3 aromatic rings. The van der Waals surface area contributed by atoms with Gasteiger partial charge in [0.15, 0.2) is 12.4 Å². The van der Waals surface area contributed by atoms with Crippen LogP contribution in [-0.2, 0) is 7.05 Å². The first kappa shape index (κ1) is 22.0. The highest BCUT2D eigenvalue weighted by Crippen LogP contribution is 2.48. The van der Waals surface area contributed by atoms with Gasteiger partial charge in [-0.15, -0.1) is 0 Å². The predicted octanol–water partition coefficient (Wildman–Crippen LogP) is 2.79. The van der Waals surface area contributed by atoms with E-state index in [0.717, 1.165) is 0 Å². The minimum atomic E-state index is 0. The summed E-state index contributed by atoms with van der Waals surface area (Å²) < 4.78 is 2.07. The lowest BCUT2D eigenvalue weighted by atomic mass is 9.89. The molecule has 0 amide bonds. The molecular formula is C29H25IN2. The Morgan fingerprint density at radius 2 is 1.19 bits per heavy atom. The van der Waals surface area contributed by atoms with E-state index < -0.39 is 0 Å². The summed E-state index contributed by atoms with van der Waals surface area (Å²) in [6.07, 6.45) is 15.2. The van der Waals surface area contributed by atoms with Crippen LogP contribution in [-0.4, -0.2) is 11.9 Å². The number of allylic oxidation sites excluding steroid dienone is 8. The number of benzene rings is 2. The van der Waals surface area contributed by atoms with Gasteiger partial charge in [0.25, 0.3) is 0 Å². The number of hydrogen-bond donors (Lipinski definition) is 0. The van der Waals surface area contributed by atoms with Gasteiger partial charge in [0.1, 0.15) is 7.05 Å². The smallest absolute Gasteiger partial charge is 0.169 e. The summed E-state index contributed by atoms with van der Waals surface area (Å²) >= 11 is 0. The van der Waals surface area contributed by atoms with Gasteiger partial charge < -0.3 is 28.9 Å². The lowest BCUT2D eigenvalue weighted by Gasteiger charge is -2.17. The average Bonchev–Trinajstić information content (AvgIpc) is 3.22. The van der Waals surface area contributed by atoms with Crippen LogP contribution < -0.4 is 28.5 Å². The Morgan fingerprint density at radius 3 is 1.75 bits per heavy atom. The lowest BCUT2D eigenvalue weighted by Crippen LogP contribution is -3.00. The molecule has 1 aliphatic carbocycles. The van der Waals surface area contributed by atoms with Crippen molar-refractivity contribution >= 4 is 16.7 Å². The molecule has 0 bridgehead atoms. The number of hydrogen-bond acceptors (Lipinski definition) is 1. The van der Waals surface area contributed by atoms with Gasteiger partial charge in [-0.1, -0.05) is 60.7 Å². The van der Waals surface area contributed by atoms with Crippen LogP contribution in [0.4, 0.5) is 0 Å². The van der Waals surface area contributed by atoms with Crippen LogP contribution in [0.1, 0.15) is 16.7 Å². The Hall–Kier alpha value is -3.18. The van der Waals surface area contributed by atoms with Gasteiger partial charge in [-0.3, -0.25) is 0 Å². The number of rotatable bonds is 3. The SMILES string of the molecule is CN1C=CC(=C2C=C(c3cc[n+](C)cc3)C(c3ccccc3)=C2c2ccccc2)C=C1.[I-]. The first-order valence-electron chi connectivity index (χ1n) is 10.6. The molecule has 2 aromatic carbocycles. The molecule has 0 atom stereocenters. The van der Waals surface area contributed by atoms with Crippen LogP contribution >= 0.6 is 0 Å². The summed E-state index contributed by atoms with van der Waals surface area (Å²) in [5, 5.41) is 0. The molecule has 5 rings (SSSR count). The van der Waals surface area contributed by atoms with E-state index in [0.29, 0.717) is 0 Å². The van der Waals surface area contributed by atoms with E-state index in [1.807, 2.05) is 0 Å². The molecule has 2 heterocycles. The van der Waals surface area contributed by atoms with E-state index in [1.165, 1.54) is 44.6 Å². The Balaban J connectivity index is 0.00000245. The molecule has 0 unspecified atom stereocenters. The highest BCUT2D eigenvalue weighted by molar-refractivity contribution is 6.23. The maximum absolute atomic E-state index is 2.36. The van der Waals surface area contributed by atoms with Crippen LogP contribution in [0.2, 0.25) is 0 Å². The Bertz CT molecular complexity index is 1250. The predicted molar refractivity (Wildman–Crippen MR) is 128 cm³/mol. The molecule has 158 valence electrons. The van der Waals surface area contributed by atoms with Crippen LogP contribution in [0, 0.1) is 0 Å². The third kappa shape index (κ3) is 4.26. The number of pyridine rings is 1. The third-order valence-corrected chi connectivity index (χ3v) is 5.78. The molecule has 1 aromatic heterocycles. The zero-order chi connectivity index (χ0) is 21.2. The normalized spacial score (nSPS) is 15.2. The second kappa shape index (κ2) is 9.53. The molecule has 2 nitrogen and oxygen atoms in total. The number of halogens is 1. The first-order chi connectivity index (χ1) is 15.2. The minimum absolute atomic E-state index is 0. The largest absolute Gasteiger partial charge is 1.00 e. The molecule has 0 spiro atoms. The lowest BCUT2D eigenvalue weighted by molar-refractivity contribution is -0.671. The van der Waals surface area contributed by atoms with Crippen LogP contribution in [0.5, 0.6) is 0 Å². The zero-order valence-electron chi connectivity index (χ0n) is 18.2. The van der Waals surface area contributed by atoms with Crippen LogP contribution in [0.3, 0.4) is 0 Å². The van der Waals surface area contributed by atoms with Crippen molar-refractivity contribution in [1.82, 2.24) is 4.90 Å². The van der Waals surface area contributed by atoms with Crippen molar-refractivity contribution in [3.63, 3.8) is 0 Å². The maximum atomic E-state index is 2.36. The van der Waals surface area contributed by atoms with Crippen LogP contribution in [0.25, 0.3) is 16.7 Å². The van der Waals surface area contributed by atoms with Crippen molar-refractivity contribution in [2.45, 2.75) is 0 Å². The quantitative estimate of drug-likeness (QED) is 0.375. The highest BCUT2D eigenvalue weighted by atomic mass is 127. The molecule has 0 radical (unpaired) electrons. The fourth-order valence-corrected chi connectivity index (χ4v) is 4.18. The fraction of sp³-hybridized carbons (Fsp3) is 0.0690.